The predicted octanol–water partition coefficient (Wildman–Crippen LogP) is 0.858. The molecule has 0 saturated heterocycles. The Balaban J connectivity index is 2.16. The zero-order valence-electron chi connectivity index (χ0n) is 10.8. The molecular formula is C12H17N5OS. The van der Waals surface area contributed by atoms with E-state index in [2.05, 4.69) is 15.0 Å². The third kappa shape index (κ3) is 3.62. The minimum Gasteiger partial charge on any atom is -0.393 e. The number of nitrogens with two attached hydrogens (primary N) is 1. The van der Waals surface area contributed by atoms with Crippen LogP contribution in [0, 0.1) is 0 Å². The van der Waals surface area contributed by atoms with Gasteiger partial charge in [0, 0.05) is 38.9 Å². The lowest BCUT2D eigenvalue weighted by Gasteiger charge is -2.23. The van der Waals surface area contributed by atoms with E-state index in [1.165, 1.54) is 0 Å². The highest BCUT2D eigenvalue weighted by Crippen LogP contribution is 2.12. The van der Waals surface area contributed by atoms with Gasteiger partial charge in [-0.2, -0.15) is 5.10 Å². The summed E-state index contributed by atoms with van der Waals surface area (Å²) in [4.78, 5) is 7.17. The first-order chi connectivity index (χ1) is 9.20. The number of hydrogen-bond donors (Lipinski definition) is 1. The van der Waals surface area contributed by atoms with Gasteiger partial charge in [0.15, 0.2) is 5.65 Å². The number of anilines is 1. The third-order valence-corrected chi connectivity index (χ3v) is 2.96. The summed E-state index contributed by atoms with van der Waals surface area (Å²) in [5, 5.41) is 4.13. The number of thiocarbonyl (C=S) groups is 1. The average Bonchev–Trinajstić information content (AvgIpc) is 2.85. The Morgan fingerprint density at radius 3 is 3.05 bits per heavy atom. The summed E-state index contributed by atoms with van der Waals surface area (Å²) in [5.74, 6) is 0.876. The number of hydrogen-bond acceptors (Lipinski definition) is 5. The fraction of sp³-hybridized carbons (Fsp3) is 0.417. The lowest BCUT2D eigenvalue weighted by Crippen LogP contribution is -2.31. The molecule has 0 aliphatic rings. The van der Waals surface area contributed by atoms with Crippen LogP contribution in [0.5, 0.6) is 0 Å². The Labute approximate surface area is 117 Å². The zero-order chi connectivity index (χ0) is 13.7. The molecule has 2 N–H and O–H groups in total. The van der Waals surface area contributed by atoms with Gasteiger partial charge in [0.05, 0.1) is 17.8 Å². The molecule has 0 spiro atoms. The summed E-state index contributed by atoms with van der Waals surface area (Å²) >= 11 is 4.92. The van der Waals surface area contributed by atoms with Crippen molar-refractivity contribution in [3.05, 3.63) is 24.5 Å². The van der Waals surface area contributed by atoms with Crippen LogP contribution in [0.4, 0.5) is 5.82 Å². The minimum absolute atomic E-state index is 0.507. The van der Waals surface area contributed by atoms with Gasteiger partial charge in [0.25, 0.3) is 0 Å². The van der Waals surface area contributed by atoms with Crippen LogP contribution < -0.4 is 10.6 Å². The Kier molecular flexibility index (Phi) is 4.64. The maximum absolute atomic E-state index is 5.56. The average molecular weight is 279 g/mol. The summed E-state index contributed by atoms with van der Waals surface area (Å²) in [6, 6.07) is 3.79. The van der Waals surface area contributed by atoms with E-state index in [4.69, 9.17) is 22.7 Å². The normalized spacial score (nSPS) is 10.8. The van der Waals surface area contributed by atoms with Crippen LogP contribution in [0.15, 0.2) is 24.5 Å². The lowest BCUT2D eigenvalue weighted by molar-refractivity contribution is 0.205. The van der Waals surface area contributed by atoms with E-state index in [1.807, 2.05) is 18.3 Å². The van der Waals surface area contributed by atoms with Gasteiger partial charge in [0.2, 0.25) is 0 Å². The van der Waals surface area contributed by atoms with E-state index in [0.717, 1.165) is 24.6 Å². The van der Waals surface area contributed by atoms with E-state index in [0.29, 0.717) is 18.0 Å². The summed E-state index contributed by atoms with van der Waals surface area (Å²) in [7, 11) is 1.68. The first-order valence-corrected chi connectivity index (χ1v) is 6.44. The molecule has 19 heavy (non-hydrogen) atoms. The van der Waals surface area contributed by atoms with Crippen molar-refractivity contribution in [3.8, 4) is 0 Å². The van der Waals surface area contributed by atoms with Gasteiger partial charge in [-0.05, 0) is 6.07 Å². The highest BCUT2D eigenvalue weighted by atomic mass is 32.1. The molecule has 2 rings (SSSR count). The van der Waals surface area contributed by atoms with Crippen molar-refractivity contribution >= 4 is 28.7 Å². The summed E-state index contributed by atoms with van der Waals surface area (Å²) in [5.41, 5.74) is 6.38. The number of methoxy groups -OCH3 is 1. The molecular weight excluding hydrogens is 262 g/mol. The van der Waals surface area contributed by atoms with Crippen LogP contribution in [-0.2, 0) is 4.74 Å². The fourth-order valence-electron chi connectivity index (χ4n) is 1.77. The van der Waals surface area contributed by atoms with Crippen LogP contribution in [0.25, 0.3) is 5.65 Å². The molecule has 0 bridgehead atoms. The Bertz CT molecular complexity index is 556. The van der Waals surface area contributed by atoms with Gasteiger partial charge < -0.3 is 15.4 Å². The zero-order valence-corrected chi connectivity index (χ0v) is 11.6. The second-order valence-electron chi connectivity index (χ2n) is 4.12. The van der Waals surface area contributed by atoms with E-state index < -0.39 is 0 Å². The molecule has 2 aromatic heterocycles. The second-order valence-corrected chi connectivity index (χ2v) is 4.64. The quantitative estimate of drug-likeness (QED) is 0.758. The smallest absolute Gasteiger partial charge is 0.157 e. The predicted molar refractivity (Wildman–Crippen MR) is 78.5 cm³/mol. The summed E-state index contributed by atoms with van der Waals surface area (Å²) < 4.78 is 6.85. The molecule has 0 aliphatic carbocycles. The molecule has 102 valence electrons. The van der Waals surface area contributed by atoms with Crippen molar-refractivity contribution in [1.82, 2.24) is 14.6 Å². The van der Waals surface area contributed by atoms with Gasteiger partial charge in [-0.3, -0.25) is 0 Å². The Morgan fingerprint density at radius 2 is 2.32 bits per heavy atom. The Hall–Kier alpha value is -1.73. The molecule has 0 atom stereocenters. The van der Waals surface area contributed by atoms with E-state index in [-0.39, 0.29) is 0 Å². The van der Waals surface area contributed by atoms with E-state index in [9.17, 15) is 0 Å². The molecule has 0 saturated carbocycles. The first-order valence-electron chi connectivity index (χ1n) is 6.03. The highest BCUT2D eigenvalue weighted by Gasteiger charge is 2.09. The molecule has 6 nitrogen and oxygen atoms in total. The molecule has 0 unspecified atom stereocenters. The topological polar surface area (TPSA) is 68.7 Å². The largest absolute Gasteiger partial charge is 0.393 e. The van der Waals surface area contributed by atoms with Crippen LogP contribution in [0.2, 0.25) is 0 Å². The van der Waals surface area contributed by atoms with Gasteiger partial charge in [-0.1, -0.05) is 12.2 Å². The number of fused-ring (bicyclic) bond motifs is 1. The second kappa shape index (κ2) is 6.44. The summed E-state index contributed by atoms with van der Waals surface area (Å²) in [6.07, 6.45) is 4.27. The Morgan fingerprint density at radius 1 is 1.47 bits per heavy atom. The molecule has 0 fully saturated rings. The maximum Gasteiger partial charge on any atom is 0.157 e. The molecule has 0 aliphatic heterocycles. The van der Waals surface area contributed by atoms with Crippen LogP contribution in [0.1, 0.15) is 6.42 Å². The van der Waals surface area contributed by atoms with Gasteiger partial charge >= 0.3 is 0 Å². The molecule has 2 heterocycles. The third-order valence-electron chi connectivity index (χ3n) is 2.76. The molecule has 0 amide bonds. The molecule has 0 radical (unpaired) electrons. The van der Waals surface area contributed by atoms with Crippen molar-refractivity contribution in [1.29, 1.82) is 0 Å². The van der Waals surface area contributed by atoms with Crippen molar-refractivity contribution in [3.63, 3.8) is 0 Å². The van der Waals surface area contributed by atoms with Crippen LogP contribution in [0.3, 0.4) is 0 Å². The SMILES string of the molecule is COCCN(CCC(N)=S)c1ccn2nccc2n1. The maximum atomic E-state index is 5.56. The van der Waals surface area contributed by atoms with Crippen molar-refractivity contribution in [2.45, 2.75) is 6.42 Å². The van der Waals surface area contributed by atoms with Crippen molar-refractivity contribution in [2.24, 2.45) is 5.73 Å². The fourth-order valence-corrected chi connectivity index (χ4v) is 1.86. The standard InChI is InChI=1S/C12H17N5OS/c1-18-9-8-16(6-3-10(13)19)11-4-7-17-12(15-11)2-5-14-17/h2,4-5,7H,3,6,8-9H2,1H3,(H2,13,19). The van der Waals surface area contributed by atoms with E-state index >= 15 is 0 Å². The number of nitrogens with zero attached hydrogens (tertiary/aromatic N) is 4. The molecule has 0 aromatic carbocycles. The van der Waals surface area contributed by atoms with Crippen LogP contribution in [-0.4, -0.2) is 46.4 Å². The summed E-state index contributed by atoms with van der Waals surface area (Å²) in [6.45, 7) is 2.11. The van der Waals surface area contributed by atoms with Gasteiger partial charge in [0.1, 0.15) is 5.82 Å². The first kappa shape index (κ1) is 13.7. The van der Waals surface area contributed by atoms with E-state index in [1.54, 1.807) is 17.8 Å². The van der Waals surface area contributed by atoms with Crippen molar-refractivity contribution < 1.29 is 4.74 Å². The number of aromatic nitrogens is 3. The van der Waals surface area contributed by atoms with Crippen molar-refractivity contribution in [2.75, 3.05) is 31.7 Å². The number of rotatable bonds is 7. The molecule has 7 heteroatoms. The molecule has 2 aromatic rings. The monoisotopic (exact) mass is 279 g/mol. The highest BCUT2D eigenvalue weighted by molar-refractivity contribution is 7.80. The number of ether oxygens (including phenoxy) is 1. The minimum atomic E-state index is 0.507. The lowest BCUT2D eigenvalue weighted by atomic mass is 10.3. The van der Waals surface area contributed by atoms with Gasteiger partial charge in [-0.25, -0.2) is 9.50 Å². The van der Waals surface area contributed by atoms with Gasteiger partial charge in [-0.15, -0.1) is 0 Å². The van der Waals surface area contributed by atoms with Crippen LogP contribution >= 0.6 is 12.2 Å².